The van der Waals surface area contributed by atoms with Crippen molar-refractivity contribution in [3.05, 3.63) is 65.9 Å². The van der Waals surface area contributed by atoms with Crippen molar-refractivity contribution in [3.8, 4) is 5.75 Å². The van der Waals surface area contributed by atoms with Gasteiger partial charge in [0.15, 0.2) is 0 Å². The Morgan fingerprint density at radius 1 is 0.848 bits per heavy atom. The highest BCUT2D eigenvalue weighted by Gasteiger charge is 2.35. The largest absolute Gasteiger partial charge is 0.494 e. The fourth-order valence-corrected chi connectivity index (χ4v) is 3.20. The molecular formula is C25H29F3N4O. The molecule has 5 nitrogen and oxygen atoms in total. The van der Waals surface area contributed by atoms with Gasteiger partial charge in [0.05, 0.1) is 6.61 Å². The van der Waals surface area contributed by atoms with Crippen LogP contribution in [0.25, 0.3) is 0 Å². The van der Waals surface area contributed by atoms with Crippen molar-refractivity contribution in [2.75, 3.05) is 17.2 Å². The molecule has 0 spiro atoms. The first kappa shape index (κ1) is 24.4. The van der Waals surface area contributed by atoms with E-state index >= 15 is 0 Å². The molecule has 0 aliphatic heterocycles. The van der Waals surface area contributed by atoms with Crippen LogP contribution in [-0.2, 0) is 12.6 Å². The second-order valence-electron chi connectivity index (χ2n) is 7.73. The highest BCUT2D eigenvalue weighted by Crippen LogP contribution is 2.35. The van der Waals surface area contributed by atoms with Crippen LogP contribution in [0.3, 0.4) is 0 Å². The number of hydrogen-bond acceptors (Lipinski definition) is 5. The molecule has 0 aliphatic rings. The lowest BCUT2D eigenvalue weighted by Crippen LogP contribution is -2.12. The third kappa shape index (κ3) is 7.37. The maximum Gasteiger partial charge on any atom is 0.421 e. The SMILES string of the molecule is CCCCCc1ccc(Nc2nc(Nc3ccc(OCCC)cc3)ncc2C(F)(F)F)cc1. The van der Waals surface area contributed by atoms with Crippen molar-refractivity contribution in [2.24, 2.45) is 0 Å². The van der Waals surface area contributed by atoms with Crippen LogP contribution in [0.4, 0.5) is 36.3 Å². The van der Waals surface area contributed by atoms with E-state index in [1.165, 1.54) is 0 Å². The van der Waals surface area contributed by atoms with Crippen LogP contribution in [0.5, 0.6) is 5.75 Å². The number of unbranched alkanes of at least 4 members (excludes halogenated alkanes) is 2. The van der Waals surface area contributed by atoms with Crippen LogP contribution in [0, 0.1) is 0 Å². The van der Waals surface area contributed by atoms with Crippen molar-refractivity contribution in [2.45, 2.75) is 52.1 Å². The summed E-state index contributed by atoms with van der Waals surface area (Å²) >= 11 is 0. The molecule has 2 N–H and O–H groups in total. The minimum absolute atomic E-state index is 0.0592. The average molecular weight is 459 g/mol. The average Bonchev–Trinajstić information content (AvgIpc) is 2.79. The Morgan fingerprint density at radius 2 is 1.52 bits per heavy atom. The fraction of sp³-hybridized carbons (Fsp3) is 0.360. The Hall–Kier alpha value is -3.29. The summed E-state index contributed by atoms with van der Waals surface area (Å²) in [6, 6.07) is 14.5. The molecule has 0 amide bonds. The van der Waals surface area contributed by atoms with E-state index in [1.807, 2.05) is 19.1 Å². The van der Waals surface area contributed by atoms with E-state index < -0.39 is 11.7 Å². The third-order valence-corrected chi connectivity index (χ3v) is 4.96. The maximum atomic E-state index is 13.5. The Balaban J connectivity index is 1.76. The molecule has 1 heterocycles. The van der Waals surface area contributed by atoms with Crippen LogP contribution >= 0.6 is 0 Å². The molecule has 0 aliphatic carbocycles. The molecule has 8 heteroatoms. The summed E-state index contributed by atoms with van der Waals surface area (Å²) in [6.45, 7) is 4.78. The number of nitrogens with one attached hydrogen (secondary N) is 2. The minimum atomic E-state index is -4.58. The first-order valence-corrected chi connectivity index (χ1v) is 11.2. The summed E-state index contributed by atoms with van der Waals surface area (Å²) < 4.78 is 46.2. The van der Waals surface area contributed by atoms with Gasteiger partial charge in [-0.25, -0.2) is 4.98 Å². The molecule has 33 heavy (non-hydrogen) atoms. The van der Waals surface area contributed by atoms with E-state index in [1.54, 1.807) is 36.4 Å². The van der Waals surface area contributed by atoms with Crippen LogP contribution in [0.1, 0.15) is 50.7 Å². The monoisotopic (exact) mass is 458 g/mol. The topological polar surface area (TPSA) is 59.1 Å². The summed E-state index contributed by atoms with van der Waals surface area (Å²) in [7, 11) is 0. The van der Waals surface area contributed by atoms with E-state index in [0.29, 0.717) is 18.0 Å². The number of rotatable bonds is 11. The van der Waals surface area contributed by atoms with Gasteiger partial charge in [-0.05, 0) is 61.2 Å². The predicted molar refractivity (Wildman–Crippen MR) is 125 cm³/mol. The number of hydrogen-bond donors (Lipinski definition) is 2. The van der Waals surface area contributed by atoms with Gasteiger partial charge in [0.25, 0.3) is 0 Å². The van der Waals surface area contributed by atoms with Gasteiger partial charge in [-0.15, -0.1) is 0 Å². The Bertz CT molecular complexity index is 1010. The normalized spacial score (nSPS) is 11.3. The lowest BCUT2D eigenvalue weighted by atomic mass is 10.1. The number of aromatic nitrogens is 2. The minimum Gasteiger partial charge on any atom is -0.494 e. The van der Waals surface area contributed by atoms with E-state index in [-0.39, 0.29) is 11.8 Å². The molecule has 0 radical (unpaired) electrons. The van der Waals surface area contributed by atoms with Crippen LogP contribution in [0.15, 0.2) is 54.7 Å². The molecule has 1 aromatic heterocycles. The zero-order chi connectivity index (χ0) is 23.7. The Labute approximate surface area is 192 Å². The van der Waals surface area contributed by atoms with Crippen LogP contribution in [0.2, 0.25) is 0 Å². The summed E-state index contributed by atoms with van der Waals surface area (Å²) in [5.41, 5.74) is 1.40. The number of ether oxygens (including phenoxy) is 1. The summed E-state index contributed by atoms with van der Waals surface area (Å²) in [4.78, 5) is 7.96. The number of benzene rings is 2. The quantitative estimate of drug-likeness (QED) is 0.291. The Morgan fingerprint density at radius 3 is 2.15 bits per heavy atom. The molecule has 0 bridgehead atoms. The molecule has 0 fully saturated rings. The fourth-order valence-electron chi connectivity index (χ4n) is 3.20. The van der Waals surface area contributed by atoms with Gasteiger partial charge in [-0.1, -0.05) is 38.8 Å². The second kappa shape index (κ2) is 11.5. The van der Waals surface area contributed by atoms with Crippen molar-refractivity contribution in [3.63, 3.8) is 0 Å². The van der Waals surface area contributed by atoms with Crippen molar-refractivity contribution >= 4 is 23.1 Å². The van der Waals surface area contributed by atoms with Crippen LogP contribution < -0.4 is 15.4 Å². The van der Waals surface area contributed by atoms with Crippen molar-refractivity contribution in [1.82, 2.24) is 9.97 Å². The zero-order valence-electron chi connectivity index (χ0n) is 18.9. The summed E-state index contributed by atoms with van der Waals surface area (Å²) in [5.74, 6) is 0.474. The number of nitrogens with zero attached hydrogens (tertiary/aromatic N) is 2. The predicted octanol–water partition coefficient (Wildman–Crippen LogP) is 7.50. The molecule has 0 saturated carbocycles. The second-order valence-corrected chi connectivity index (χ2v) is 7.73. The molecule has 176 valence electrons. The van der Waals surface area contributed by atoms with Crippen LogP contribution in [-0.4, -0.2) is 16.6 Å². The molecule has 0 saturated heterocycles. The highest BCUT2D eigenvalue weighted by molar-refractivity contribution is 5.63. The van der Waals surface area contributed by atoms with E-state index in [2.05, 4.69) is 27.5 Å². The molecule has 3 aromatic rings. The maximum absolute atomic E-state index is 13.5. The van der Waals surface area contributed by atoms with Gasteiger partial charge in [0.2, 0.25) is 5.95 Å². The van der Waals surface area contributed by atoms with E-state index in [0.717, 1.165) is 49.6 Å². The van der Waals surface area contributed by atoms with Crippen molar-refractivity contribution in [1.29, 1.82) is 0 Å². The third-order valence-electron chi connectivity index (χ3n) is 4.96. The number of anilines is 4. The molecule has 0 unspecified atom stereocenters. The lowest BCUT2D eigenvalue weighted by Gasteiger charge is -2.15. The molecule has 3 rings (SSSR count). The van der Waals surface area contributed by atoms with Gasteiger partial charge in [0.1, 0.15) is 17.1 Å². The van der Waals surface area contributed by atoms with Gasteiger partial charge in [-0.3, -0.25) is 0 Å². The number of halogens is 3. The van der Waals surface area contributed by atoms with E-state index in [4.69, 9.17) is 4.74 Å². The van der Waals surface area contributed by atoms with Crippen molar-refractivity contribution < 1.29 is 17.9 Å². The lowest BCUT2D eigenvalue weighted by molar-refractivity contribution is -0.137. The number of aryl methyl sites for hydroxylation is 1. The molecular weight excluding hydrogens is 429 g/mol. The summed E-state index contributed by atoms with van der Waals surface area (Å²) in [5, 5.41) is 5.75. The summed E-state index contributed by atoms with van der Waals surface area (Å²) in [6.07, 6.45) is 1.44. The standard InChI is InChI=1S/C25H29F3N4O/c1-3-5-6-7-18-8-10-19(11-9-18)30-23-22(25(26,27)28)17-29-24(32-23)31-20-12-14-21(15-13-20)33-16-4-2/h8-15,17H,3-7,16H2,1-2H3,(H2,29,30,31,32). The Kier molecular flexibility index (Phi) is 8.52. The smallest absolute Gasteiger partial charge is 0.421 e. The van der Waals surface area contributed by atoms with Gasteiger partial charge >= 0.3 is 6.18 Å². The first-order chi connectivity index (χ1) is 15.9. The van der Waals surface area contributed by atoms with Gasteiger partial charge < -0.3 is 15.4 Å². The number of alkyl halides is 3. The van der Waals surface area contributed by atoms with Gasteiger partial charge in [0, 0.05) is 17.6 Å². The van der Waals surface area contributed by atoms with Gasteiger partial charge in [-0.2, -0.15) is 18.2 Å². The first-order valence-electron chi connectivity index (χ1n) is 11.2. The zero-order valence-corrected chi connectivity index (χ0v) is 18.9. The highest BCUT2D eigenvalue weighted by atomic mass is 19.4. The molecule has 0 atom stereocenters. The van der Waals surface area contributed by atoms with E-state index in [9.17, 15) is 13.2 Å². The molecule has 2 aromatic carbocycles.